The van der Waals surface area contributed by atoms with Gasteiger partial charge in [0.05, 0.1) is 22.5 Å². The van der Waals surface area contributed by atoms with Gasteiger partial charge in [-0.3, -0.25) is 0 Å². The predicted octanol–water partition coefficient (Wildman–Crippen LogP) is 6.99. The maximum atomic E-state index is 12.8. The molecule has 0 amide bonds. The van der Waals surface area contributed by atoms with Crippen LogP contribution in [0.2, 0.25) is 0 Å². The van der Waals surface area contributed by atoms with Crippen LogP contribution in [0, 0.1) is 0 Å². The average Bonchev–Trinajstić information content (AvgIpc) is 2.69. The molecule has 5 nitrogen and oxygen atoms in total. The van der Waals surface area contributed by atoms with Gasteiger partial charge in [0.15, 0.2) is 0 Å². The summed E-state index contributed by atoms with van der Waals surface area (Å²) in [5.41, 5.74) is 11.2. The number of hydrogen-bond donors (Lipinski definition) is 0. The lowest BCUT2D eigenvalue weighted by molar-refractivity contribution is -0.137. The summed E-state index contributed by atoms with van der Waals surface area (Å²) < 4.78 is 38.3. The molecule has 28 heavy (non-hydrogen) atoms. The average molecular weight is 385 g/mol. The SMILES string of the molecule is CCCCCc1nnc2ccc(-c3ccc(C(F)(F)F)cc3)cc2c1N=[N+]=[N-]. The van der Waals surface area contributed by atoms with Crippen LogP contribution in [0.25, 0.3) is 32.5 Å². The Morgan fingerprint density at radius 1 is 1.00 bits per heavy atom. The van der Waals surface area contributed by atoms with Crippen LogP contribution < -0.4 is 0 Å². The van der Waals surface area contributed by atoms with Crippen LogP contribution in [0.3, 0.4) is 0 Å². The number of unbranched alkanes of at least 4 members (excludes halogenated alkanes) is 2. The fraction of sp³-hybridized carbons (Fsp3) is 0.300. The lowest BCUT2D eigenvalue weighted by atomic mass is 10.0. The largest absolute Gasteiger partial charge is 0.416 e. The smallest absolute Gasteiger partial charge is 0.166 e. The standard InChI is InChI=1S/C20H18F3N5/c1-2-3-4-5-18-19(27-28-24)16-12-14(8-11-17(16)25-26-18)13-6-9-15(10-7-13)20(21,22)23/h6-12H,2-5H2,1H3. The molecule has 2 aromatic carbocycles. The first-order valence-electron chi connectivity index (χ1n) is 8.96. The molecule has 0 saturated heterocycles. The topological polar surface area (TPSA) is 74.5 Å². The second-order valence-corrected chi connectivity index (χ2v) is 6.45. The Morgan fingerprint density at radius 2 is 1.71 bits per heavy atom. The molecule has 0 aliphatic rings. The highest BCUT2D eigenvalue weighted by Crippen LogP contribution is 2.34. The lowest BCUT2D eigenvalue weighted by Gasteiger charge is -2.10. The summed E-state index contributed by atoms with van der Waals surface area (Å²) in [4.78, 5) is 2.92. The molecule has 0 atom stereocenters. The Hall–Kier alpha value is -3.12. The van der Waals surface area contributed by atoms with Crippen molar-refractivity contribution < 1.29 is 13.2 Å². The number of alkyl halides is 3. The predicted molar refractivity (Wildman–Crippen MR) is 102 cm³/mol. The number of aryl methyl sites for hydroxylation is 1. The van der Waals surface area contributed by atoms with Crippen molar-refractivity contribution in [2.45, 2.75) is 38.8 Å². The van der Waals surface area contributed by atoms with Crippen LogP contribution in [-0.4, -0.2) is 10.2 Å². The fourth-order valence-electron chi connectivity index (χ4n) is 3.03. The van der Waals surface area contributed by atoms with Crippen LogP contribution in [0.5, 0.6) is 0 Å². The molecule has 0 fully saturated rings. The molecule has 3 rings (SSSR count). The number of nitrogens with zero attached hydrogens (tertiary/aromatic N) is 5. The summed E-state index contributed by atoms with van der Waals surface area (Å²) in [6, 6.07) is 10.2. The summed E-state index contributed by atoms with van der Waals surface area (Å²) in [5, 5.41) is 12.9. The normalized spacial score (nSPS) is 11.4. The van der Waals surface area contributed by atoms with Gasteiger partial charge < -0.3 is 0 Å². The number of azide groups is 1. The van der Waals surface area contributed by atoms with Crippen molar-refractivity contribution in [2.75, 3.05) is 0 Å². The van der Waals surface area contributed by atoms with Crippen molar-refractivity contribution in [1.29, 1.82) is 0 Å². The highest BCUT2D eigenvalue weighted by Gasteiger charge is 2.29. The first kappa shape index (κ1) is 19.6. The Kier molecular flexibility index (Phi) is 5.80. The molecule has 0 unspecified atom stereocenters. The van der Waals surface area contributed by atoms with Crippen LogP contribution in [0.15, 0.2) is 47.6 Å². The van der Waals surface area contributed by atoms with Crippen molar-refractivity contribution in [1.82, 2.24) is 10.2 Å². The van der Waals surface area contributed by atoms with E-state index in [1.54, 1.807) is 18.2 Å². The number of hydrogen-bond acceptors (Lipinski definition) is 3. The maximum absolute atomic E-state index is 12.8. The van der Waals surface area contributed by atoms with Gasteiger partial charge in [0.1, 0.15) is 0 Å². The zero-order valence-electron chi connectivity index (χ0n) is 15.2. The van der Waals surface area contributed by atoms with Gasteiger partial charge in [-0.05, 0) is 53.8 Å². The third kappa shape index (κ3) is 4.23. The van der Waals surface area contributed by atoms with Crippen molar-refractivity contribution >= 4 is 16.6 Å². The Bertz CT molecular complexity index is 1020. The van der Waals surface area contributed by atoms with Crippen molar-refractivity contribution in [3.63, 3.8) is 0 Å². The van der Waals surface area contributed by atoms with E-state index in [4.69, 9.17) is 5.53 Å². The molecule has 0 N–H and O–H groups in total. The molecule has 0 bridgehead atoms. The van der Waals surface area contributed by atoms with E-state index in [1.165, 1.54) is 12.1 Å². The summed E-state index contributed by atoms with van der Waals surface area (Å²) in [5.74, 6) is 0. The van der Waals surface area contributed by atoms with Crippen LogP contribution in [0.4, 0.5) is 18.9 Å². The van der Waals surface area contributed by atoms with Gasteiger partial charge in [0.25, 0.3) is 0 Å². The van der Waals surface area contributed by atoms with E-state index in [0.29, 0.717) is 39.8 Å². The van der Waals surface area contributed by atoms with Crippen LogP contribution in [0.1, 0.15) is 37.4 Å². The fourth-order valence-corrected chi connectivity index (χ4v) is 3.03. The van der Waals surface area contributed by atoms with Gasteiger partial charge in [-0.15, -0.1) is 0 Å². The van der Waals surface area contributed by atoms with Crippen LogP contribution in [-0.2, 0) is 12.6 Å². The van der Waals surface area contributed by atoms with E-state index in [1.807, 2.05) is 0 Å². The highest BCUT2D eigenvalue weighted by atomic mass is 19.4. The molecule has 3 aromatic rings. The van der Waals surface area contributed by atoms with E-state index in [9.17, 15) is 13.2 Å². The molecular formula is C20H18F3N5. The Balaban J connectivity index is 2.05. The number of aromatic nitrogens is 2. The minimum atomic E-state index is -4.38. The Labute approximate surface area is 159 Å². The summed E-state index contributed by atoms with van der Waals surface area (Å²) in [6.07, 6.45) is -0.741. The second-order valence-electron chi connectivity index (χ2n) is 6.45. The monoisotopic (exact) mass is 385 g/mol. The van der Waals surface area contributed by atoms with Gasteiger partial charge in [0.2, 0.25) is 0 Å². The molecule has 0 spiro atoms. The van der Waals surface area contributed by atoms with Crippen molar-refractivity contribution in [3.05, 3.63) is 64.2 Å². The minimum absolute atomic E-state index is 0.428. The molecule has 0 aliphatic heterocycles. The number of benzene rings is 2. The first-order valence-corrected chi connectivity index (χ1v) is 8.96. The van der Waals surface area contributed by atoms with Crippen molar-refractivity contribution in [2.24, 2.45) is 5.11 Å². The van der Waals surface area contributed by atoms with Crippen LogP contribution >= 0.6 is 0 Å². The van der Waals surface area contributed by atoms with Gasteiger partial charge >= 0.3 is 6.18 Å². The van der Waals surface area contributed by atoms with E-state index < -0.39 is 11.7 Å². The lowest BCUT2D eigenvalue weighted by Crippen LogP contribution is -2.04. The number of rotatable bonds is 6. The maximum Gasteiger partial charge on any atom is 0.416 e. The number of halogens is 3. The second kappa shape index (κ2) is 8.27. The van der Waals surface area contributed by atoms with Gasteiger partial charge in [-0.25, -0.2) is 0 Å². The van der Waals surface area contributed by atoms with E-state index in [-0.39, 0.29) is 0 Å². The zero-order valence-corrected chi connectivity index (χ0v) is 15.2. The van der Waals surface area contributed by atoms with Crippen molar-refractivity contribution in [3.8, 4) is 11.1 Å². The quantitative estimate of drug-likeness (QED) is 0.198. The third-order valence-electron chi connectivity index (χ3n) is 4.51. The van der Waals surface area contributed by atoms with Gasteiger partial charge in [-0.1, -0.05) is 43.1 Å². The van der Waals surface area contributed by atoms with E-state index >= 15 is 0 Å². The Morgan fingerprint density at radius 3 is 2.36 bits per heavy atom. The third-order valence-corrected chi connectivity index (χ3v) is 4.51. The molecule has 1 heterocycles. The number of fused-ring (bicyclic) bond motifs is 1. The minimum Gasteiger partial charge on any atom is -0.166 e. The summed E-state index contributed by atoms with van der Waals surface area (Å²) >= 11 is 0. The summed E-state index contributed by atoms with van der Waals surface area (Å²) in [7, 11) is 0. The van der Waals surface area contributed by atoms with Gasteiger partial charge in [0, 0.05) is 10.3 Å². The summed E-state index contributed by atoms with van der Waals surface area (Å²) in [6.45, 7) is 2.09. The molecule has 8 heteroatoms. The highest BCUT2D eigenvalue weighted by molar-refractivity contribution is 5.93. The first-order chi connectivity index (χ1) is 13.4. The van der Waals surface area contributed by atoms with E-state index in [2.05, 4.69) is 27.1 Å². The van der Waals surface area contributed by atoms with Gasteiger partial charge in [-0.2, -0.15) is 23.4 Å². The molecule has 144 valence electrons. The molecule has 0 radical (unpaired) electrons. The molecule has 0 aliphatic carbocycles. The zero-order chi connectivity index (χ0) is 20.1. The molecule has 1 aromatic heterocycles. The molecular weight excluding hydrogens is 367 g/mol. The molecule has 0 saturated carbocycles. The van der Waals surface area contributed by atoms with E-state index in [0.717, 1.165) is 31.4 Å².